The summed E-state index contributed by atoms with van der Waals surface area (Å²) >= 11 is 0. The van der Waals surface area contributed by atoms with Gasteiger partial charge in [-0.2, -0.15) is 13.2 Å². The Morgan fingerprint density at radius 3 is 2.65 bits per heavy atom. The Labute approximate surface area is 114 Å². The highest BCUT2D eigenvalue weighted by atomic mass is 19.4. The van der Waals surface area contributed by atoms with Crippen LogP contribution in [0.2, 0.25) is 0 Å². The summed E-state index contributed by atoms with van der Waals surface area (Å²) in [4.78, 5) is 11.2. The standard InChI is InChI=1S/C13H16F3NO3/c14-13(15,16)6-2-7-20-12(18)5-8-19-11-4-1-3-10(17)9-11/h1,3-4,9H,2,5-8,17H2. The second-order valence-corrected chi connectivity index (χ2v) is 4.11. The van der Waals surface area contributed by atoms with Crippen LogP contribution >= 0.6 is 0 Å². The number of carbonyl (C=O) groups excluding carboxylic acids is 1. The third kappa shape index (κ3) is 7.50. The SMILES string of the molecule is Nc1cccc(OCCC(=O)OCCCC(F)(F)F)c1. The van der Waals surface area contributed by atoms with Gasteiger partial charge >= 0.3 is 12.1 Å². The second kappa shape index (κ2) is 7.62. The van der Waals surface area contributed by atoms with E-state index in [-0.39, 0.29) is 26.1 Å². The van der Waals surface area contributed by atoms with Crippen molar-refractivity contribution in [2.24, 2.45) is 0 Å². The smallest absolute Gasteiger partial charge is 0.389 e. The van der Waals surface area contributed by atoms with Crippen LogP contribution in [0.4, 0.5) is 18.9 Å². The molecule has 1 aromatic rings. The molecule has 4 nitrogen and oxygen atoms in total. The van der Waals surface area contributed by atoms with Gasteiger partial charge in [0.2, 0.25) is 0 Å². The minimum Gasteiger partial charge on any atom is -0.493 e. The van der Waals surface area contributed by atoms with Crippen LogP contribution in [-0.2, 0) is 9.53 Å². The number of rotatable bonds is 7. The Morgan fingerprint density at radius 1 is 1.25 bits per heavy atom. The molecule has 0 saturated carbocycles. The van der Waals surface area contributed by atoms with E-state index >= 15 is 0 Å². The van der Waals surface area contributed by atoms with E-state index in [0.717, 1.165) is 0 Å². The maximum absolute atomic E-state index is 11.8. The largest absolute Gasteiger partial charge is 0.493 e. The van der Waals surface area contributed by atoms with Crippen LogP contribution in [-0.4, -0.2) is 25.4 Å². The first kappa shape index (κ1) is 16.1. The fraction of sp³-hybridized carbons (Fsp3) is 0.462. The van der Waals surface area contributed by atoms with Crippen LogP contribution in [0.25, 0.3) is 0 Å². The lowest BCUT2D eigenvalue weighted by Crippen LogP contribution is -2.13. The number of anilines is 1. The number of hydrogen-bond donors (Lipinski definition) is 1. The van der Waals surface area contributed by atoms with Crippen molar-refractivity contribution in [1.82, 2.24) is 0 Å². The second-order valence-electron chi connectivity index (χ2n) is 4.11. The summed E-state index contributed by atoms with van der Waals surface area (Å²) in [5.41, 5.74) is 6.08. The normalized spacial score (nSPS) is 11.2. The molecule has 1 rings (SSSR count). The van der Waals surface area contributed by atoms with E-state index < -0.39 is 18.6 Å². The summed E-state index contributed by atoms with van der Waals surface area (Å²) in [5, 5.41) is 0. The zero-order valence-electron chi connectivity index (χ0n) is 10.8. The van der Waals surface area contributed by atoms with Gasteiger partial charge in [-0.1, -0.05) is 6.07 Å². The average Bonchev–Trinajstić information content (AvgIpc) is 2.34. The first-order chi connectivity index (χ1) is 9.37. The van der Waals surface area contributed by atoms with Gasteiger partial charge < -0.3 is 15.2 Å². The van der Waals surface area contributed by atoms with Crippen molar-refractivity contribution in [3.63, 3.8) is 0 Å². The first-order valence-electron chi connectivity index (χ1n) is 6.07. The molecule has 0 radical (unpaired) electrons. The van der Waals surface area contributed by atoms with Gasteiger partial charge in [-0.25, -0.2) is 0 Å². The van der Waals surface area contributed by atoms with Crippen LogP contribution in [0.15, 0.2) is 24.3 Å². The van der Waals surface area contributed by atoms with E-state index in [1.54, 1.807) is 24.3 Å². The van der Waals surface area contributed by atoms with Crippen molar-refractivity contribution in [3.8, 4) is 5.75 Å². The van der Waals surface area contributed by atoms with E-state index in [0.29, 0.717) is 11.4 Å². The quantitative estimate of drug-likeness (QED) is 0.476. The maximum Gasteiger partial charge on any atom is 0.389 e. The zero-order chi connectivity index (χ0) is 15.0. The fourth-order valence-corrected chi connectivity index (χ4v) is 1.39. The first-order valence-corrected chi connectivity index (χ1v) is 6.07. The lowest BCUT2D eigenvalue weighted by Gasteiger charge is -2.08. The predicted octanol–water partition coefficient (Wildman–Crippen LogP) is 2.92. The Hall–Kier alpha value is -1.92. The molecular weight excluding hydrogens is 275 g/mol. The molecule has 0 spiro atoms. The van der Waals surface area contributed by atoms with Crippen LogP contribution in [0.1, 0.15) is 19.3 Å². The molecule has 20 heavy (non-hydrogen) atoms. The average molecular weight is 291 g/mol. The van der Waals surface area contributed by atoms with Crippen molar-refractivity contribution in [2.45, 2.75) is 25.4 Å². The van der Waals surface area contributed by atoms with Gasteiger partial charge in [0.25, 0.3) is 0 Å². The summed E-state index contributed by atoms with van der Waals surface area (Å²) in [5.74, 6) is -0.0639. The number of esters is 1. The summed E-state index contributed by atoms with van der Waals surface area (Å²) in [6.45, 7) is -0.155. The molecule has 0 saturated heterocycles. The summed E-state index contributed by atoms with van der Waals surface area (Å²) in [6.07, 6.45) is -5.44. The van der Waals surface area contributed by atoms with Gasteiger partial charge in [-0.3, -0.25) is 4.79 Å². The van der Waals surface area contributed by atoms with E-state index in [1.807, 2.05) is 0 Å². The molecule has 0 fully saturated rings. The maximum atomic E-state index is 11.8. The lowest BCUT2D eigenvalue weighted by atomic mass is 10.3. The summed E-state index contributed by atoms with van der Waals surface area (Å²) in [7, 11) is 0. The minimum absolute atomic E-state index is 0.0270. The van der Waals surface area contributed by atoms with Crippen LogP contribution in [0.5, 0.6) is 5.75 Å². The number of ether oxygens (including phenoxy) is 2. The molecular formula is C13H16F3NO3. The van der Waals surface area contributed by atoms with Crippen molar-refractivity contribution < 1.29 is 27.4 Å². The molecule has 0 aliphatic rings. The molecule has 0 bridgehead atoms. The summed E-state index contributed by atoms with van der Waals surface area (Å²) < 4.78 is 45.4. The molecule has 0 aliphatic heterocycles. The molecule has 0 heterocycles. The monoisotopic (exact) mass is 291 g/mol. The molecule has 0 aromatic heterocycles. The molecule has 2 N–H and O–H groups in total. The molecule has 112 valence electrons. The Bertz CT molecular complexity index is 435. The Kier molecular flexibility index (Phi) is 6.14. The van der Waals surface area contributed by atoms with Crippen molar-refractivity contribution >= 4 is 11.7 Å². The van der Waals surface area contributed by atoms with Crippen LogP contribution in [0.3, 0.4) is 0 Å². The third-order valence-corrected chi connectivity index (χ3v) is 2.30. The Morgan fingerprint density at radius 2 is 2.00 bits per heavy atom. The predicted molar refractivity (Wildman–Crippen MR) is 67.2 cm³/mol. The van der Waals surface area contributed by atoms with Gasteiger partial charge in [0, 0.05) is 18.2 Å². The topological polar surface area (TPSA) is 61.5 Å². The number of halogens is 3. The van der Waals surface area contributed by atoms with E-state index in [9.17, 15) is 18.0 Å². The van der Waals surface area contributed by atoms with Crippen LogP contribution in [0, 0.1) is 0 Å². The van der Waals surface area contributed by atoms with Crippen molar-refractivity contribution in [2.75, 3.05) is 18.9 Å². The highest BCUT2D eigenvalue weighted by Gasteiger charge is 2.26. The fourth-order valence-electron chi connectivity index (χ4n) is 1.39. The van der Waals surface area contributed by atoms with Crippen LogP contribution < -0.4 is 10.5 Å². The van der Waals surface area contributed by atoms with Gasteiger partial charge in [-0.15, -0.1) is 0 Å². The van der Waals surface area contributed by atoms with Gasteiger partial charge in [0.1, 0.15) is 5.75 Å². The molecule has 7 heteroatoms. The zero-order valence-corrected chi connectivity index (χ0v) is 10.8. The molecule has 0 aliphatic carbocycles. The lowest BCUT2D eigenvalue weighted by molar-refractivity contribution is -0.150. The number of carbonyl (C=O) groups is 1. The Balaban J connectivity index is 2.11. The summed E-state index contributed by atoms with van der Waals surface area (Å²) in [6, 6.07) is 6.70. The highest BCUT2D eigenvalue weighted by Crippen LogP contribution is 2.21. The van der Waals surface area contributed by atoms with Gasteiger partial charge in [0.05, 0.1) is 19.6 Å². The highest BCUT2D eigenvalue weighted by molar-refractivity contribution is 5.69. The molecule has 0 amide bonds. The number of nitrogen functional groups attached to an aromatic ring is 1. The van der Waals surface area contributed by atoms with E-state index in [1.165, 1.54) is 0 Å². The minimum atomic E-state index is -4.22. The molecule has 0 atom stereocenters. The van der Waals surface area contributed by atoms with Gasteiger partial charge in [-0.05, 0) is 18.6 Å². The van der Waals surface area contributed by atoms with Crippen molar-refractivity contribution in [3.05, 3.63) is 24.3 Å². The van der Waals surface area contributed by atoms with E-state index in [2.05, 4.69) is 4.74 Å². The van der Waals surface area contributed by atoms with Gasteiger partial charge in [0.15, 0.2) is 0 Å². The van der Waals surface area contributed by atoms with E-state index in [4.69, 9.17) is 10.5 Å². The number of hydrogen-bond acceptors (Lipinski definition) is 4. The van der Waals surface area contributed by atoms with Crippen molar-refractivity contribution in [1.29, 1.82) is 0 Å². The number of benzene rings is 1. The molecule has 0 unspecified atom stereocenters. The number of nitrogens with two attached hydrogens (primary N) is 1. The molecule has 1 aromatic carbocycles. The third-order valence-electron chi connectivity index (χ3n) is 2.30. The number of alkyl halides is 3.